The Labute approximate surface area is 117 Å². The van der Waals surface area contributed by atoms with Crippen LogP contribution < -0.4 is 5.73 Å². The highest BCUT2D eigenvalue weighted by Crippen LogP contribution is 2.30. The minimum atomic E-state index is 0.367. The molecule has 100 valence electrons. The molecule has 0 fully saturated rings. The van der Waals surface area contributed by atoms with E-state index in [2.05, 4.69) is 42.0 Å². The van der Waals surface area contributed by atoms with Crippen molar-refractivity contribution in [1.82, 2.24) is 9.97 Å². The van der Waals surface area contributed by atoms with Crippen LogP contribution in [0.2, 0.25) is 0 Å². The fourth-order valence-corrected chi connectivity index (χ4v) is 2.68. The molecule has 0 saturated heterocycles. The zero-order valence-corrected chi connectivity index (χ0v) is 12.1. The Morgan fingerprint density at radius 1 is 1.21 bits per heavy atom. The lowest BCUT2D eigenvalue weighted by Gasteiger charge is -2.08. The van der Waals surface area contributed by atoms with Crippen LogP contribution >= 0.6 is 11.8 Å². The summed E-state index contributed by atoms with van der Waals surface area (Å²) in [6, 6.07) is 8.13. The fourth-order valence-electron chi connectivity index (χ4n) is 1.76. The minimum absolute atomic E-state index is 0.367. The van der Waals surface area contributed by atoms with Crippen LogP contribution in [-0.4, -0.2) is 17.1 Å². The van der Waals surface area contributed by atoms with Crippen molar-refractivity contribution in [2.45, 2.75) is 30.4 Å². The van der Waals surface area contributed by atoms with Crippen molar-refractivity contribution in [3.05, 3.63) is 41.2 Å². The number of nitrogens with zero attached hydrogens (tertiary/aromatic N) is 2. The van der Waals surface area contributed by atoms with Crippen molar-refractivity contribution in [3.63, 3.8) is 0 Å². The lowest BCUT2D eigenvalue weighted by molar-refractivity contribution is 0.177. The molecule has 1 aromatic heterocycles. The Balaban J connectivity index is 2.27. The number of benzene rings is 1. The zero-order chi connectivity index (χ0) is 13.8. The lowest BCUT2D eigenvalue weighted by atomic mass is 10.2. The monoisotopic (exact) mass is 275 g/mol. The predicted octanol–water partition coefficient (Wildman–Crippen LogP) is 2.97. The van der Waals surface area contributed by atoms with Crippen molar-refractivity contribution >= 4 is 17.6 Å². The van der Waals surface area contributed by atoms with E-state index in [1.807, 2.05) is 0 Å². The summed E-state index contributed by atoms with van der Waals surface area (Å²) in [5, 5.41) is 0.839. The molecule has 0 atom stereocenters. The topological polar surface area (TPSA) is 61.0 Å². The number of anilines is 1. The number of aryl methyl sites for hydroxylation is 2. The number of nitrogen functional groups attached to an aromatic ring is 1. The Morgan fingerprint density at radius 3 is 2.68 bits per heavy atom. The van der Waals surface area contributed by atoms with E-state index in [-0.39, 0.29) is 0 Å². The summed E-state index contributed by atoms with van der Waals surface area (Å²) in [6.45, 7) is 4.54. The fraction of sp³-hybridized carbons (Fsp3) is 0.286. The third-order valence-electron chi connectivity index (χ3n) is 2.59. The van der Waals surface area contributed by atoms with Gasteiger partial charge >= 0.3 is 0 Å². The molecule has 0 unspecified atom stereocenters. The Morgan fingerprint density at radius 2 is 2.00 bits per heavy atom. The molecule has 0 amide bonds. The molecule has 1 aromatic carbocycles. The Kier molecular flexibility index (Phi) is 4.39. The first kappa shape index (κ1) is 13.8. The van der Waals surface area contributed by atoms with Crippen LogP contribution in [0.25, 0.3) is 0 Å². The minimum Gasteiger partial charge on any atom is -0.384 e. The average molecular weight is 275 g/mol. The molecule has 19 heavy (non-hydrogen) atoms. The third-order valence-corrected chi connectivity index (χ3v) is 3.68. The summed E-state index contributed by atoms with van der Waals surface area (Å²) < 4.78 is 5.04. The first-order valence-corrected chi connectivity index (χ1v) is 6.77. The van der Waals surface area contributed by atoms with Gasteiger partial charge in [0.15, 0.2) is 5.82 Å². The van der Waals surface area contributed by atoms with E-state index in [4.69, 9.17) is 10.5 Å². The molecule has 4 nitrogen and oxygen atoms in total. The summed E-state index contributed by atoms with van der Waals surface area (Å²) in [6.07, 6.45) is 0. The summed E-state index contributed by atoms with van der Waals surface area (Å²) >= 11 is 1.59. The molecule has 1 heterocycles. The van der Waals surface area contributed by atoms with E-state index in [1.165, 1.54) is 16.0 Å². The van der Waals surface area contributed by atoms with Gasteiger partial charge in [-0.05, 0) is 25.5 Å². The van der Waals surface area contributed by atoms with Crippen LogP contribution in [0.15, 0.2) is 34.2 Å². The number of rotatable bonds is 4. The first-order valence-electron chi connectivity index (χ1n) is 5.96. The molecule has 0 radical (unpaired) electrons. The van der Waals surface area contributed by atoms with Crippen molar-refractivity contribution in [1.29, 1.82) is 0 Å². The van der Waals surface area contributed by atoms with E-state index < -0.39 is 0 Å². The van der Waals surface area contributed by atoms with Crippen molar-refractivity contribution in [2.24, 2.45) is 0 Å². The van der Waals surface area contributed by atoms with Crippen molar-refractivity contribution < 1.29 is 4.74 Å². The molecule has 0 bridgehead atoms. The Hall–Kier alpha value is -1.59. The molecule has 0 aliphatic heterocycles. The van der Waals surface area contributed by atoms with Gasteiger partial charge in [-0.25, -0.2) is 9.97 Å². The van der Waals surface area contributed by atoms with E-state index in [0.717, 1.165) is 5.03 Å². The van der Waals surface area contributed by atoms with Crippen molar-refractivity contribution in [2.75, 3.05) is 12.8 Å². The lowest BCUT2D eigenvalue weighted by Crippen LogP contribution is -2.01. The maximum absolute atomic E-state index is 5.79. The molecule has 2 aromatic rings. The second-order valence-electron chi connectivity index (χ2n) is 4.35. The maximum atomic E-state index is 5.79. The van der Waals surface area contributed by atoms with Gasteiger partial charge in [0.25, 0.3) is 0 Å². The molecule has 0 aliphatic rings. The summed E-state index contributed by atoms with van der Waals surface area (Å²) in [5.74, 6) is 1.07. The van der Waals surface area contributed by atoms with Crippen LogP contribution in [0.1, 0.15) is 17.0 Å². The highest BCUT2D eigenvalue weighted by molar-refractivity contribution is 7.99. The van der Waals surface area contributed by atoms with Crippen LogP contribution in [0.5, 0.6) is 0 Å². The number of hydrogen-bond acceptors (Lipinski definition) is 5. The van der Waals surface area contributed by atoms with Gasteiger partial charge in [-0.2, -0.15) is 0 Å². The standard InChI is InChI=1S/C14H17N3OS/c1-9-4-5-11(10(2)6-9)19-14-7-12(15)16-13(17-14)8-18-3/h4-7H,8H2,1-3H3,(H2,15,16,17). The predicted molar refractivity (Wildman–Crippen MR) is 77.2 cm³/mol. The third kappa shape index (κ3) is 3.68. The van der Waals surface area contributed by atoms with E-state index in [0.29, 0.717) is 18.2 Å². The van der Waals surface area contributed by atoms with Crippen LogP contribution in [0, 0.1) is 13.8 Å². The SMILES string of the molecule is COCc1nc(N)cc(Sc2ccc(C)cc2C)n1. The molecular formula is C14H17N3OS. The highest BCUT2D eigenvalue weighted by atomic mass is 32.2. The molecule has 5 heteroatoms. The molecule has 0 aliphatic carbocycles. The molecule has 0 saturated carbocycles. The number of nitrogens with two attached hydrogens (primary N) is 1. The molecule has 0 spiro atoms. The van der Waals surface area contributed by atoms with Gasteiger partial charge < -0.3 is 10.5 Å². The molecule has 2 rings (SSSR count). The van der Waals surface area contributed by atoms with Gasteiger partial charge in [0.1, 0.15) is 17.5 Å². The number of methoxy groups -OCH3 is 1. The molecular weight excluding hydrogens is 258 g/mol. The summed E-state index contributed by atoms with van der Waals surface area (Å²) in [5.41, 5.74) is 8.27. The molecule has 2 N–H and O–H groups in total. The van der Waals surface area contributed by atoms with Gasteiger partial charge in [0.05, 0.1) is 0 Å². The van der Waals surface area contributed by atoms with Gasteiger partial charge in [0.2, 0.25) is 0 Å². The van der Waals surface area contributed by atoms with Crippen molar-refractivity contribution in [3.8, 4) is 0 Å². The second-order valence-corrected chi connectivity index (χ2v) is 5.41. The van der Waals surface area contributed by atoms with Gasteiger partial charge in [-0.3, -0.25) is 0 Å². The van der Waals surface area contributed by atoms with Crippen LogP contribution in [0.4, 0.5) is 5.82 Å². The largest absolute Gasteiger partial charge is 0.384 e. The first-order chi connectivity index (χ1) is 9.08. The Bertz CT molecular complexity index is 587. The van der Waals surface area contributed by atoms with Gasteiger partial charge in [-0.1, -0.05) is 29.5 Å². The zero-order valence-electron chi connectivity index (χ0n) is 11.3. The summed E-state index contributed by atoms with van der Waals surface area (Å²) in [4.78, 5) is 9.73. The average Bonchev–Trinajstić information content (AvgIpc) is 2.32. The van der Waals surface area contributed by atoms with Crippen LogP contribution in [-0.2, 0) is 11.3 Å². The number of ether oxygens (including phenoxy) is 1. The van der Waals surface area contributed by atoms with Gasteiger partial charge in [0, 0.05) is 18.1 Å². The van der Waals surface area contributed by atoms with Gasteiger partial charge in [-0.15, -0.1) is 0 Å². The number of hydrogen-bond donors (Lipinski definition) is 1. The second kappa shape index (κ2) is 6.04. The van der Waals surface area contributed by atoms with Crippen LogP contribution in [0.3, 0.4) is 0 Å². The smallest absolute Gasteiger partial charge is 0.157 e. The normalized spacial score (nSPS) is 10.7. The number of aromatic nitrogens is 2. The van der Waals surface area contributed by atoms with E-state index >= 15 is 0 Å². The quantitative estimate of drug-likeness (QED) is 0.869. The van der Waals surface area contributed by atoms with E-state index in [1.54, 1.807) is 24.9 Å². The van der Waals surface area contributed by atoms with E-state index in [9.17, 15) is 0 Å². The maximum Gasteiger partial charge on any atom is 0.157 e. The summed E-state index contributed by atoms with van der Waals surface area (Å²) in [7, 11) is 1.61. The highest BCUT2D eigenvalue weighted by Gasteiger charge is 2.06.